The molecule has 2 rings (SSSR count). The molecule has 6 heteroatoms. The number of benzene rings is 1. The van der Waals surface area contributed by atoms with Crippen molar-refractivity contribution in [2.45, 2.75) is 6.04 Å². The van der Waals surface area contributed by atoms with Crippen LogP contribution in [0.1, 0.15) is 11.6 Å². The second-order valence-corrected chi connectivity index (χ2v) is 4.00. The summed E-state index contributed by atoms with van der Waals surface area (Å²) in [5.41, 5.74) is 7.18. The molecular formula is C10H11ClN2O3. The van der Waals surface area contributed by atoms with Crippen molar-refractivity contribution in [3.05, 3.63) is 33.3 Å². The van der Waals surface area contributed by atoms with Crippen LogP contribution < -0.4 is 11.5 Å². The van der Waals surface area contributed by atoms with Crippen LogP contribution in [0.5, 0.6) is 0 Å². The normalized spacial score (nSPS) is 13.2. The van der Waals surface area contributed by atoms with E-state index in [0.717, 1.165) is 0 Å². The summed E-state index contributed by atoms with van der Waals surface area (Å²) in [6.45, 7) is -0.242. The molecule has 0 bridgehead atoms. The molecule has 16 heavy (non-hydrogen) atoms. The van der Waals surface area contributed by atoms with Crippen molar-refractivity contribution in [3.63, 3.8) is 0 Å². The number of aromatic nitrogens is 1. The van der Waals surface area contributed by atoms with Gasteiger partial charge in [-0.15, -0.1) is 0 Å². The van der Waals surface area contributed by atoms with Crippen molar-refractivity contribution in [1.29, 1.82) is 0 Å². The van der Waals surface area contributed by atoms with Gasteiger partial charge in [0.05, 0.1) is 18.2 Å². The third-order valence-corrected chi connectivity index (χ3v) is 2.70. The summed E-state index contributed by atoms with van der Waals surface area (Å²) in [6.07, 6.45) is 0. The Morgan fingerprint density at radius 1 is 1.62 bits per heavy atom. The molecule has 0 spiro atoms. The highest BCUT2D eigenvalue weighted by atomic mass is 35.5. The van der Waals surface area contributed by atoms with E-state index in [1.54, 1.807) is 19.2 Å². The predicted octanol–water partition coefficient (Wildman–Crippen LogP) is 0.777. The quantitative estimate of drug-likeness (QED) is 0.815. The lowest BCUT2D eigenvalue weighted by molar-refractivity contribution is 0.268. The maximum atomic E-state index is 11.4. The standard InChI is InChI=1S/C10H11ClN2O3/c1-13-8-3-5(11)2-6(7(12)4-14)9(8)16-10(13)15/h2-3,7,14H,4,12H2,1H3. The maximum absolute atomic E-state index is 11.4. The Morgan fingerprint density at radius 3 is 2.94 bits per heavy atom. The van der Waals surface area contributed by atoms with Crippen molar-refractivity contribution in [2.75, 3.05) is 6.61 Å². The monoisotopic (exact) mass is 242 g/mol. The van der Waals surface area contributed by atoms with E-state index in [0.29, 0.717) is 21.7 Å². The lowest BCUT2D eigenvalue weighted by atomic mass is 10.1. The number of aryl methyl sites for hydroxylation is 1. The van der Waals surface area contributed by atoms with Crippen LogP contribution in [0.4, 0.5) is 0 Å². The molecule has 0 aliphatic carbocycles. The van der Waals surface area contributed by atoms with Crippen LogP contribution in [0.2, 0.25) is 5.02 Å². The molecule has 1 aromatic carbocycles. The van der Waals surface area contributed by atoms with Gasteiger partial charge >= 0.3 is 5.76 Å². The molecule has 0 aliphatic heterocycles. The minimum absolute atomic E-state index is 0.242. The molecule has 1 heterocycles. The van der Waals surface area contributed by atoms with E-state index in [1.165, 1.54) is 4.57 Å². The topological polar surface area (TPSA) is 81.4 Å². The number of halogens is 1. The average molecular weight is 243 g/mol. The molecule has 0 saturated carbocycles. The highest BCUT2D eigenvalue weighted by Crippen LogP contribution is 2.26. The molecule has 5 nitrogen and oxygen atoms in total. The Balaban J connectivity index is 2.83. The molecule has 0 aliphatic rings. The number of fused-ring (bicyclic) bond motifs is 1. The fraction of sp³-hybridized carbons (Fsp3) is 0.300. The summed E-state index contributed by atoms with van der Waals surface area (Å²) in [4.78, 5) is 11.4. The van der Waals surface area contributed by atoms with Crippen molar-refractivity contribution in [1.82, 2.24) is 4.57 Å². The fourth-order valence-electron chi connectivity index (χ4n) is 1.59. The van der Waals surface area contributed by atoms with Crippen LogP contribution in [0, 0.1) is 0 Å². The number of nitrogens with zero attached hydrogens (tertiary/aromatic N) is 1. The first kappa shape index (κ1) is 11.2. The zero-order valence-electron chi connectivity index (χ0n) is 8.61. The van der Waals surface area contributed by atoms with E-state index in [1.807, 2.05) is 0 Å². The zero-order valence-corrected chi connectivity index (χ0v) is 9.36. The highest BCUT2D eigenvalue weighted by Gasteiger charge is 2.16. The van der Waals surface area contributed by atoms with Gasteiger partial charge in [0.2, 0.25) is 0 Å². The molecule has 2 aromatic rings. The van der Waals surface area contributed by atoms with Crippen molar-refractivity contribution in [2.24, 2.45) is 12.8 Å². The van der Waals surface area contributed by atoms with E-state index >= 15 is 0 Å². The van der Waals surface area contributed by atoms with E-state index < -0.39 is 11.8 Å². The molecule has 0 saturated heterocycles. The molecular weight excluding hydrogens is 232 g/mol. The first-order valence-corrected chi connectivity index (χ1v) is 5.07. The number of rotatable bonds is 2. The molecule has 0 radical (unpaired) electrons. The third kappa shape index (κ3) is 1.63. The van der Waals surface area contributed by atoms with Gasteiger partial charge in [-0.1, -0.05) is 11.6 Å². The van der Waals surface area contributed by atoms with Crippen LogP contribution in [-0.4, -0.2) is 16.3 Å². The van der Waals surface area contributed by atoms with Gasteiger partial charge in [0.1, 0.15) is 0 Å². The predicted molar refractivity (Wildman–Crippen MR) is 60.5 cm³/mol. The van der Waals surface area contributed by atoms with Crippen LogP contribution in [0.3, 0.4) is 0 Å². The van der Waals surface area contributed by atoms with Crippen LogP contribution in [0.25, 0.3) is 11.1 Å². The fourth-order valence-corrected chi connectivity index (χ4v) is 1.81. The van der Waals surface area contributed by atoms with Crippen LogP contribution >= 0.6 is 11.6 Å². The molecule has 0 fully saturated rings. The van der Waals surface area contributed by atoms with E-state index in [9.17, 15) is 4.79 Å². The molecule has 1 aromatic heterocycles. The van der Waals surface area contributed by atoms with Crippen LogP contribution in [-0.2, 0) is 7.05 Å². The molecule has 1 unspecified atom stereocenters. The number of aliphatic hydroxyl groups excluding tert-OH is 1. The van der Waals surface area contributed by atoms with Gasteiger partial charge in [0.25, 0.3) is 0 Å². The average Bonchev–Trinajstić information content (AvgIpc) is 2.54. The number of hydrogen-bond donors (Lipinski definition) is 2. The maximum Gasteiger partial charge on any atom is 0.419 e. The second-order valence-electron chi connectivity index (χ2n) is 3.56. The van der Waals surface area contributed by atoms with Gasteiger partial charge in [-0.3, -0.25) is 4.57 Å². The third-order valence-electron chi connectivity index (χ3n) is 2.48. The Hall–Kier alpha value is -1.30. The molecule has 3 N–H and O–H groups in total. The summed E-state index contributed by atoms with van der Waals surface area (Å²) in [5, 5.41) is 9.47. The van der Waals surface area contributed by atoms with Gasteiger partial charge in [-0.05, 0) is 12.1 Å². The smallest absolute Gasteiger partial charge is 0.407 e. The zero-order chi connectivity index (χ0) is 11.9. The van der Waals surface area contributed by atoms with Crippen molar-refractivity contribution >= 4 is 22.7 Å². The number of nitrogens with two attached hydrogens (primary N) is 1. The summed E-state index contributed by atoms with van der Waals surface area (Å²) in [6, 6.07) is 2.59. The van der Waals surface area contributed by atoms with Gasteiger partial charge in [0.15, 0.2) is 5.58 Å². The summed E-state index contributed by atoms with van der Waals surface area (Å²) in [5.74, 6) is -0.483. The van der Waals surface area contributed by atoms with E-state index in [2.05, 4.69) is 0 Å². The molecule has 0 amide bonds. The number of aliphatic hydroxyl groups is 1. The summed E-state index contributed by atoms with van der Waals surface area (Å²) in [7, 11) is 1.58. The first-order valence-electron chi connectivity index (χ1n) is 4.70. The lowest BCUT2D eigenvalue weighted by Gasteiger charge is -2.09. The first-order chi connectivity index (χ1) is 7.54. The Labute approximate surface area is 96.0 Å². The van der Waals surface area contributed by atoms with E-state index in [-0.39, 0.29) is 6.61 Å². The van der Waals surface area contributed by atoms with E-state index in [4.69, 9.17) is 26.9 Å². The van der Waals surface area contributed by atoms with Gasteiger partial charge in [-0.2, -0.15) is 0 Å². The molecule has 86 valence electrons. The minimum Gasteiger partial charge on any atom is -0.407 e. The van der Waals surface area contributed by atoms with Gasteiger partial charge < -0.3 is 15.3 Å². The summed E-state index contributed by atoms with van der Waals surface area (Å²) < 4.78 is 6.41. The Bertz CT molecular complexity index is 587. The number of hydrogen-bond acceptors (Lipinski definition) is 4. The van der Waals surface area contributed by atoms with Crippen LogP contribution in [0.15, 0.2) is 21.3 Å². The second kappa shape index (κ2) is 3.93. The lowest BCUT2D eigenvalue weighted by Crippen LogP contribution is -2.14. The highest BCUT2D eigenvalue weighted by molar-refractivity contribution is 6.31. The molecule has 1 atom stereocenters. The Kier molecular flexibility index (Phi) is 2.75. The van der Waals surface area contributed by atoms with Crippen molar-refractivity contribution < 1.29 is 9.52 Å². The van der Waals surface area contributed by atoms with Gasteiger partial charge in [0, 0.05) is 17.6 Å². The Morgan fingerprint density at radius 2 is 2.31 bits per heavy atom. The minimum atomic E-state index is -0.619. The van der Waals surface area contributed by atoms with Gasteiger partial charge in [-0.25, -0.2) is 4.79 Å². The SMILES string of the molecule is Cn1c(=O)oc2c(C(N)CO)cc(Cl)cc21. The van der Waals surface area contributed by atoms with Crippen molar-refractivity contribution in [3.8, 4) is 0 Å². The largest absolute Gasteiger partial charge is 0.419 e. The summed E-state index contributed by atoms with van der Waals surface area (Å²) >= 11 is 5.91. The number of oxazole rings is 1.